The highest BCUT2D eigenvalue weighted by Crippen LogP contribution is 2.44. The van der Waals surface area contributed by atoms with Crippen molar-refractivity contribution >= 4 is 55.8 Å². The molecule has 1 atom stereocenters. The van der Waals surface area contributed by atoms with Crippen LogP contribution in [0.2, 0.25) is 5.02 Å². The maximum Gasteiger partial charge on any atom is 0.337 e. The highest BCUT2D eigenvalue weighted by Gasteiger charge is 2.32. The number of rotatable bonds is 6. The highest BCUT2D eigenvalue weighted by molar-refractivity contribution is 7.22. The number of carboxylic acid groups (broad SMARTS) is 1. The van der Waals surface area contributed by atoms with Gasteiger partial charge in [-0.2, -0.15) is 5.10 Å². The molecule has 0 fully saturated rings. The zero-order valence-corrected chi connectivity index (χ0v) is 24.6. The van der Waals surface area contributed by atoms with Gasteiger partial charge in [-0.05, 0) is 69.2 Å². The lowest BCUT2D eigenvalue weighted by atomic mass is 9.91. The van der Waals surface area contributed by atoms with Crippen molar-refractivity contribution in [3.63, 3.8) is 0 Å². The van der Waals surface area contributed by atoms with E-state index in [4.69, 9.17) is 21.3 Å². The molecule has 0 spiro atoms. The van der Waals surface area contributed by atoms with Gasteiger partial charge in [-0.25, -0.2) is 9.78 Å². The second-order valence-corrected chi connectivity index (χ2v) is 12.3. The Balaban J connectivity index is 1.76. The van der Waals surface area contributed by atoms with Crippen molar-refractivity contribution in [2.75, 3.05) is 19.0 Å². The molecule has 2 heterocycles. The number of benzene rings is 3. The van der Waals surface area contributed by atoms with Gasteiger partial charge in [0.15, 0.2) is 11.9 Å². The summed E-state index contributed by atoms with van der Waals surface area (Å²) in [5.41, 5.74) is 5.22. The summed E-state index contributed by atoms with van der Waals surface area (Å²) in [6.45, 7) is 7.50. The van der Waals surface area contributed by atoms with Crippen LogP contribution in [0.5, 0.6) is 0 Å². The number of halogens is 1. The molecule has 202 valence electrons. The van der Waals surface area contributed by atoms with Crippen LogP contribution >= 0.6 is 22.9 Å². The fourth-order valence-corrected chi connectivity index (χ4v) is 6.11. The third kappa shape index (κ3) is 5.12. The van der Waals surface area contributed by atoms with Crippen molar-refractivity contribution < 1.29 is 14.6 Å². The molecule has 0 saturated heterocycles. The van der Waals surface area contributed by atoms with E-state index >= 15 is 0 Å². The largest absolute Gasteiger partial charge is 0.479 e. The Kier molecular flexibility index (Phi) is 6.91. The Morgan fingerprint density at radius 1 is 1.10 bits per heavy atom. The van der Waals surface area contributed by atoms with Crippen LogP contribution in [0.15, 0.2) is 48.5 Å². The number of nitrogens with zero attached hydrogens (tertiary/aromatic N) is 4. The monoisotopic (exact) mass is 562 g/mol. The first-order valence-electron chi connectivity index (χ1n) is 12.6. The molecule has 0 radical (unpaired) electrons. The number of hydrogen-bond acceptors (Lipinski definition) is 6. The minimum Gasteiger partial charge on any atom is -0.479 e. The number of aliphatic carboxylic acids is 1. The molecule has 0 bridgehead atoms. The number of hydrogen-bond donors (Lipinski definition) is 1. The van der Waals surface area contributed by atoms with Crippen LogP contribution in [0, 0.1) is 6.92 Å². The Hall–Kier alpha value is -3.46. The Morgan fingerprint density at radius 3 is 2.38 bits per heavy atom. The van der Waals surface area contributed by atoms with Gasteiger partial charge in [-0.15, -0.1) is 11.3 Å². The molecule has 3 aromatic carbocycles. The standard InChI is InChI=1S/C30H31ClN4O3S/c1-16-14-21-26(39-28(32-21)18-10-13-20-22(15-18)35(7)33-27(20)34(5)6)24(17-8-11-19(31)12-9-17)23(16)25(29(36)37)38-30(2,3)4/h8-15,25H,1-7H3,(H,36,37). The smallest absolute Gasteiger partial charge is 0.337 e. The van der Waals surface area contributed by atoms with Crippen molar-refractivity contribution in [2.45, 2.75) is 39.4 Å². The second kappa shape index (κ2) is 9.93. The van der Waals surface area contributed by atoms with E-state index in [1.165, 1.54) is 0 Å². The van der Waals surface area contributed by atoms with E-state index in [0.717, 1.165) is 54.2 Å². The lowest BCUT2D eigenvalue weighted by molar-refractivity contribution is -0.160. The lowest BCUT2D eigenvalue weighted by Crippen LogP contribution is -2.28. The van der Waals surface area contributed by atoms with E-state index in [-0.39, 0.29) is 0 Å². The summed E-state index contributed by atoms with van der Waals surface area (Å²) < 4.78 is 8.90. The van der Waals surface area contributed by atoms with Gasteiger partial charge in [0.1, 0.15) is 5.01 Å². The molecule has 0 aliphatic heterocycles. The molecule has 1 N–H and O–H groups in total. The first-order chi connectivity index (χ1) is 18.3. The summed E-state index contributed by atoms with van der Waals surface area (Å²) in [5.74, 6) is -0.127. The SMILES string of the molecule is Cc1cc2nc(-c3ccc4c(N(C)C)nn(C)c4c3)sc2c(-c2ccc(Cl)cc2)c1C(OC(C)(C)C)C(=O)O. The molecule has 5 aromatic rings. The number of carbonyl (C=O) groups is 1. The Morgan fingerprint density at radius 2 is 1.77 bits per heavy atom. The summed E-state index contributed by atoms with van der Waals surface area (Å²) in [5, 5.41) is 17.5. The highest BCUT2D eigenvalue weighted by atomic mass is 35.5. The van der Waals surface area contributed by atoms with Gasteiger partial charge in [0, 0.05) is 48.2 Å². The number of thiazole rings is 1. The van der Waals surface area contributed by atoms with E-state index < -0.39 is 17.7 Å². The van der Waals surface area contributed by atoms with Gasteiger partial charge in [0.05, 0.1) is 21.3 Å². The Labute approximate surface area is 236 Å². The molecule has 0 saturated carbocycles. The first kappa shape index (κ1) is 27.1. The number of ether oxygens (including phenoxy) is 1. The molecule has 0 aliphatic rings. The fraction of sp³-hybridized carbons (Fsp3) is 0.300. The van der Waals surface area contributed by atoms with Crippen LogP contribution in [0.4, 0.5) is 5.82 Å². The molecule has 39 heavy (non-hydrogen) atoms. The van der Waals surface area contributed by atoms with E-state index in [0.29, 0.717) is 10.6 Å². The minimum absolute atomic E-state index is 0.608. The van der Waals surface area contributed by atoms with Crippen LogP contribution in [-0.2, 0) is 16.6 Å². The van der Waals surface area contributed by atoms with Crippen molar-refractivity contribution in [1.29, 1.82) is 0 Å². The van der Waals surface area contributed by atoms with E-state index in [2.05, 4.69) is 23.3 Å². The van der Waals surface area contributed by atoms with E-state index in [9.17, 15) is 9.90 Å². The van der Waals surface area contributed by atoms with Crippen LogP contribution in [-0.4, -0.2) is 45.5 Å². The molecule has 9 heteroatoms. The van der Waals surface area contributed by atoms with Gasteiger partial charge in [-0.1, -0.05) is 29.8 Å². The first-order valence-corrected chi connectivity index (χ1v) is 13.8. The molecular formula is C30H31ClN4O3S. The average Bonchev–Trinajstić information content (AvgIpc) is 3.42. The van der Waals surface area contributed by atoms with Crippen LogP contribution in [0.25, 0.3) is 42.8 Å². The lowest BCUT2D eigenvalue weighted by Gasteiger charge is -2.28. The third-order valence-electron chi connectivity index (χ3n) is 6.52. The predicted molar refractivity (Wildman–Crippen MR) is 160 cm³/mol. The third-order valence-corrected chi connectivity index (χ3v) is 7.91. The number of anilines is 1. The number of carboxylic acids is 1. The van der Waals surface area contributed by atoms with E-state index in [1.54, 1.807) is 11.3 Å². The second-order valence-electron chi connectivity index (χ2n) is 10.9. The van der Waals surface area contributed by atoms with Crippen LogP contribution in [0.3, 0.4) is 0 Å². The summed E-state index contributed by atoms with van der Waals surface area (Å²) >= 11 is 7.76. The summed E-state index contributed by atoms with van der Waals surface area (Å²) in [6.07, 6.45) is -1.15. The fourth-order valence-electron chi connectivity index (χ4n) is 4.86. The van der Waals surface area contributed by atoms with Crippen LogP contribution in [0.1, 0.15) is 38.0 Å². The quantitative estimate of drug-likeness (QED) is 0.231. The van der Waals surface area contributed by atoms with Gasteiger partial charge in [0.25, 0.3) is 0 Å². The summed E-state index contributed by atoms with van der Waals surface area (Å²) in [4.78, 5) is 19.6. The molecule has 2 aromatic heterocycles. The molecule has 7 nitrogen and oxygen atoms in total. The molecular weight excluding hydrogens is 532 g/mol. The normalized spacial score (nSPS) is 12.8. The maximum atomic E-state index is 12.6. The number of aromatic nitrogens is 3. The van der Waals surface area contributed by atoms with Crippen molar-refractivity contribution in [3.8, 4) is 21.7 Å². The average molecular weight is 563 g/mol. The van der Waals surface area contributed by atoms with Crippen molar-refractivity contribution in [3.05, 3.63) is 64.7 Å². The summed E-state index contributed by atoms with van der Waals surface area (Å²) in [6, 6.07) is 15.7. The van der Waals surface area contributed by atoms with Gasteiger partial charge < -0.3 is 14.7 Å². The number of aryl methyl sites for hydroxylation is 2. The maximum absolute atomic E-state index is 12.6. The van der Waals surface area contributed by atoms with Crippen molar-refractivity contribution in [1.82, 2.24) is 14.8 Å². The topological polar surface area (TPSA) is 80.5 Å². The zero-order valence-electron chi connectivity index (χ0n) is 23.0. The minimum atomic E-state index is -1.15. The van der Waals surface area contributed by atoms with Gasteiger partial charge >= 0.3 is 5.97 Å². The van der Waals surface area contributed by atoms with Gasteiger partial charge in [0.2, 0.25) is 0 Å². The number of fused-ring (bicyclic) bond motifs is 2. The Bertz CT molecular complexity index is 1710. The molecule has 1 unspecified atom stereocenters. The van der Waals surface area contributed by atoms with Crippen LogP contribution < -0.4 is 4.90 Å². The molecule has 0 aliphatic carbocycles. The van der Waals surface area contributed by atoms with E-state index in [1.807, 2.05) is 88.8 Å². The van der Waals surface area contributed by atoms with Crippen molar-refractivity contribution in [2.24, 2.45) is 7.05 Å². The molecule has 0 amide bonds. The summed E-state index contributed by atoms with van der Waals surface area (Å²) in [7, 11) is 5.90. The molecule has 5 rings (SSSR count). The zero-order chi connectivity index (χ0) is 28.2. The van der Waals surface area contributed by atoms with Gasteiger partial charge in [-0.3, -0.25) is 4.68 Å². The predicted octanol–water partition coefficient (Wildman–Crippen LogP) is 7.49.